The standard InChI is InChI=1S/C22H23Cl2N3O2/c23-15-6-7-17(18(24)10-15)22(8-9-22)21(29)26-13-20(28)27-19-12-25-11-16(19)14-4-2-1-3-5-14/h1-7,10,16,19,25H,8-9,11-13H2,(H,26,29)(H,27,28)/t16-,19+/m0/s1. The quantitative estimate of drug-likeness (QED) is 0.658. The molecule has 1 saturated heterocycles. The zero-order chi connectivity index (χ0) is 20.4. The monoisotopic (exact) mass is 431 g/mol. The van der Waals surface area contributed by atoms with Crippen molar-refractivity contribution in [2.75, 3.05) is 19.6 Å². The maximum Gasteiger partial charge on any atom is 0.239 e. The third-order valence-corrected chi connectivity index (χ3v) is 6.38. The SMILES string of the molecule is O=C(CNC(=O)C1(c2ccc(Cl)cc2Cl)CC1)N[C@@H]1CNC[C@H]1c1ccccc1. The molecule has 0 radical (unpaired) electrons. The van der Waals surface area contributed by atoms with Gasteiger partial charge in [-0.1, -0.05) is 59.6 Å². The van der Waals surface area contributed by atoms with Crippen molar-refractivity contribution in [2.24, 2.45) is 0 Å². The summed E-state index contributed by atoms with van der Waals surface area (Å²) in [5.41, 5.74) is 1.32. The van der Waals surface area contributed by atoms with E-state index in [0.29, 0.717) is 29.4 Å². The fourth-order valence-corrected chi connectivity index (χ4v) is 4.68. The number of carbonyl (C=O) groups excluding carboxylic acids is 2. The summed E-state index contributed by atoms with van der Waals surface area (Å²) in [5, 5.41) is 10.2. The van der Waals surface area contributed by atoms with E-state index < -0.39 is 5.41 Å². The molecule has 4 rings (SSSR count). The van der Waals surface area contributed by atoms with Crippen LogP contribution in [-0.4, -0.2) is 37.5 Å². The van der Waals surface area contributed by atoms with Crippen LogP contribution in [0.5, 0.6) is 0 Å². The Balaban J connectivity index is 1.34. The van der Waals surface area contributed by atoms with Gasteiger partial charge in [-0.3, -0.25) is 9.59 Å². The molecule has 152 valence electrons. The minimum absolute atomic E-state index is 0.00222. The summed E-state index contributed by atoms with van der Waals surface area (Å²) < 4.78 is 0. The van der Waals surface area contributed by atoms with Gasteiger partial charge in [0.2, 0.25) is 11.8 Å². The molecule has 2 aliphatic rings. The van der Waals surface area contributed by atoms with Gasteiger partial charge in [0.15, 0.2) is 0 Å². The van der Waals surface area contributed by atoms with Crippen LogP contribution in [0.1, 0.15) is 29.9 Å². The zero-order valence-electron chi connectivity index (χ0n) is 15.9. The molecular formula is C22H23Cl2N3O2. The lowest BCUT2D eigenvalue weighted by Gasteiger charge is -2.21. The molecule has 7 heteroatoms. The molecule has 1 saturated carbocycles. The van der Waals surface area contributed by atoms with Gasteiger partial charge in [0.05, 0.1) is 12.0 Å². The van der Waals surface area contributed by atoms with Crippen LogP contribution in [0.4, 0.5) is 0 Å². The molecule has 2 atom stereocenters. The van der Waals surface area contributed by atoms with Crippen molar-refractivity contribution in [3.05, 3.63) is 69.7 Å². The summed E-state index contributed by atoms with van der Waals surface area (Å²) in [4.78, 5) is 25.3. The second kappa shape index (κ2) is 8.34. The van der Waals surface area contributed by atoms with E-state index in [4.69, 9.17) is 23.2 Å². The molecule has 2 aromatic rings. The van der Waals surface area contributed by atoms with Gasteiger partial charge in [0.25, 0.3) is 0 Å². The number of nitrogens with one attached hydrogen (secondary N) is 3. The average molecular weight is 432 g/mol. The Morgan fingerprint density at radius 3 is 2.52 bits per heavy atom. The summed E-state index contributed by atoms with van der Waals surface area (Å²) >= 11 is 12.3. The number of halogens is 2. The predicted molar refractivity (Wildman–Crippen MR) is 114 cm³/mol. The van der Waals surface area contributed by atoms with Crippen molar-refractivity contribution in [1.29, 1.82) is 0 Å². The third kappa shape index (κ3) is 4.27. The molecule has 29 heavy (non-hydrogen) atoms. The second-order valence-corrected chi connectivity index (χ2v) is 8.58. The van der Waals surface area contributed by atoms with Gasteiger partial charge in [0.1, 0.15) is 0 Å². The van der Waals surface area contributed by atoms with Gasteiger partial charge in [-0.15, -0.1) is 0 Å². The number of carbonyl (C=O) groups is 2. The third-order valence-electron chi connectivity index (χ3n) is 5.83. The Hall–Kier alpha value is -2.08. The lowest BCUT2D eigenvalue weighted by atomic mass is 9.94. The van der Waals surface area contributed by atoms with Crippen molar-refractivity contribution < 1.29 is 9.59 Å². The van der Waals surface area contributed by atoms with Crippen LogP contribution in [0.2, 0.25) is 10.0 Å². The minimum Gasteiger partial charge on any atom is -0.350 e. The van der Waals surface area contributed by atoms with E-state index in [9.17, 15) is 9.59 Å². The Bertz CT molecular complexity index is 916. The van der Waals surface area contributed by atoms with E-state index in [-0.39, 0.29) is 30.3 Å². The molecule has 0 unspecified atom stereocenters. The Morgan fingerprint density at radius 1 is 1.07 bits per heavy atom. The van der Waals surface area contributed by atoms with E-state index in [0.717, 1.165) is 12.1 Å². The van der Waals surface area contributed by atoms with Gasteiger partial charge < -0.3 is 16.0 Å². The predicted octanol–water partition coefficient (Wildman–Crippen LogP) is 3.01. The lowest BCUT2D eigenvalue weighted by Crippen LogP contribution is -2.46. The first kappa shape index (κ1) is 20.2. The van der Waals surface area contributed by atoms with Crippen LogP contribution in [0, 0.1) is 0 Å². The molecule has 2 fully saturated rings. The number of hydrogen-bond donors (Lipinski definition) is 3. The molecule has 1 aliphatic carbocycles. The summed E-state index contributed by atoms with van der Waals surface area (Å²) in [6, 6.07) is 15.3. The van der Waals surface area contributed by atoms with Crippen LogP contribution in [0.3, 0.4) is 0 Å². The first-order valence-corrected chi connectivity index (χ1v) is 10.5. The topological polar surface area (TPSA) is 70.2 Å². The maximum absolute atomic E-state index is 12.8. The number of hydrogen-bond acceptors (Lipinski definition) is 3. The van der Waals surface area contributed by atoms with E-state index >= 15 is 0 Å². The van der Waals surface area contributed by atoms with Crippen molar-refractivity contribution in [2.45, 2.75) is 30.2 Å². The maximum atomic E-state index is 12.8. The molecule has 2 amide bonds. The molecule has 0 bridgehead atoms. The summed E-state index contributed by atoms with van der Waals surface area (Å²) in [7, 11) is 0. The van der Waals surface area contributed by atoms with Crippen LogP contribution >= 0.6 is 23.2 Å². The molecule has 0 aromatic heterocycles. The van der Waals surface area contributed by atoms with Gasteiger partial charge in [-0.2, -0.15) is 0 Å². The Morgan fingerprint density at radius 2 is 1.83 bits per heavy atom. The normalized spacial score (nSPS) is 22.1. The summed E-state index contributed by atoms with van der Waals surface area (Å²) in [5.74, 6) is -0.134. The fraction of sp³-hybridized carbons (Fsp3) is 0.364. The molecule has 2 aromatic carbocycles. The van der Waals surface area contributed by atoms with Crippen molar-refractivity contribution in [3.63, 3.8) is 0 Å². The van der Waals surface area contributed by atoms with Crippen LogP contribution in [0.25, 0.3) is 0 Å². The molecule has 0 spiro atoms. The highest BCUT2D eigenvalue weighted by atomic mass is 35.5. The van der Waals surface area contributed by atoms with Crippen LogP contribution in [-0.2, 0) is 15.0 Å². The molecule has 3 N–H and O–H groups in total. The summed E-state index contributed by atoms with van der Waals surface area (Å²) in [6.07, 6.45) is 1.43. The highest BCUT2D eigenvalue weighted by Gasteiger charge is 2.52. The largest absolute Gasteiger partial charge is 0.350 e. The first-order valence-electron chi connectivity index (χ1n) is 9.78. The highest BCUT2D eigenvalue weighted by molar-refractivity contribution is 6.35. The number of rotatable bonds is 6. The van der Waals surface area contributed by atoms with Crippen molar-refractivity contribution >= 4 is 35.0 Å². The Kier molecular flexibility index (Phi) is 5.81. The van der Waals surface area contributed by atoms with E-state index in [2.05, 4.69) is 28.1 Å². The van der Waals surface area contributed by atoms with Gasteiger partial charge in [-0.05, 0) is 36.1 Å². The van der Waals surface area contributed by atoms with E-state index in [1.807, 2.05) is 18.2 Å². The number of benzene rings is 2. The van der Waals surface area contributed by atoms with E-state index in [1.54, 1.807) is 18.2 Å². The van der Waals surface area contributed by atoms with Crippen molar-refractivity contribution in [3.8, 4) is 0 Å². The van der Waals surface area contributed by atoms with Gasteiger partial charge in [-0.25, -0.2) is 0 Å². The zero-order valence-corrected chi connectivity index (χ0v) is 17.4. The number of amides is 2. The average Bonchev–Trinajstić information content (AvgIpc) is 3.39. The first-order chi connectivity index (χ1) is 14.0. The fourth-order valence-electron chi connectivity index (χ4n) is 4.09. The molecular weight excluding hydrogens is 409 g/mol. The second-order valence-electron chi connectivity index (χ2n) is 7.74. The van der Waals surface area contributed by atoms with Gasteiger partial charge >= 0.3 is 0 Å². The summed E-state index contributed by atoms with van der Waals surface area (Å²) in [6.45, 7) is 1.48. The minimum atomic E-state index is -0.649. The smallest absolute Gasteiger partial charge is 0.239 e. The Labute approximate surface area is 180 Å². The molecule has 1 aliphatic heterocycles. The van der Waals surface area contributed by atoms with Crippen molar-refractivity contribution in [1.82, 2.24) is 16.0 Å². The van der Waals surface area contributed by atoms with Gasteiger partial charge in [0, 0.05) is 35.1 Å². The lowest BCUT2D eigenvalue weighted by molar-refractivity contribution is -0.127. The molecule has 1 heterocycles. The highest BCUT2D eigenvalue weighted by Crippen LogP contribution is 2.51. The van der Waals surface area contributed by atoms with E-state index in [1.165, 1.54) is 5.56 Å². The van der Waals surface area contributed by atoms with Crippen LogP contribution in [0.15, 0.2) is 48.5 Å². The molecule has 5 nitrogen and oxygen atoms in total. The van der Waals surface area contributed by atoms with Crippen LogP contribution < -0.4 is 16.0 Å².